The molecule has 0 saturated carbocycles. The van der Waals surface area contributed by atoms with Crippen molar-refractivity contribution in [2.24, 2.45) is 0 Å². The van der Waals surface area contributed by atoms with Crippen LogP contribution in [0.25, 0.3) is 0 Å². The summed E-state index contributed by atoms with van der Waals surface area (Å²) in [5.41, 5.74) is 0. The number of carboxylic acids is 1. The van der Waals surface area contributed by atoms with Gasteiger partial charge in [0.15, 0.2) is 16.6 Å². The zero-order valence-electron chi connectivity index (χ0n) is 20.4. The predicted octanol–water partition coefficient (Wildman–Crippen LogP) is -18.9. The molecule has 2 fully saturated rings. The smallest absolute Gasteiger partial charge is 0.735 e. The Kier molecular flexibility index (Phi) is 22.2. The van der Waals surface area contributed by atoms with Crippen LogP contribution >= 0.6 is 0 Å². The molecule has 0 radical (unpaired) electrons. The van der Waals surface area contributed by atoms with Gasteiger partial charge in [-0.15, -0.1) is 0 Å². The average molecular weight is 651 g/mol. The van der Waals surface area contributed by atoms with Gasteiger partial charge >= 0.3 is 118 Å². The van der Waals surface area contributed by atoms with Gasteiger partial charge in [-0.05, 0) is 0 Å². The van der Waals surface area contributed by atoms with E-state index in [1.165, 1.54) is 4.72 Å². The molecular weight excluding hydrogens is 634 g/mol. The van der Waals surface area contributed by atoms with E-state index in [1.54, 1.807) is 0 Å². The Bertz CT molecular complexity index is 1060. The van der Waals surface area contributed by atoms with Gasteiger partial charge in [-0.25, -0.2) is 30.0 Å². The molecule has 0 aromatic heterocycles. The molecule has 0 spiro atoms. The molecule has 38 heavy (non-hydrogen) atoms. The average Bonchev–Trinajstić information content (AvgIpc) is 2.63. The first-order valence-electron chi connectivity index (χ1n) is 8.83. The van der Waals surface area contributed by atoms with Gasteiger partial charge in [0.25, 0.3) is 0 Å². The fourth-order valence-corrected chi connectivity index (χ4v) is 4.53. The third kappa shape index (κ3) is 15.6. The summed E-state index contributed by atoms with van der Waals surface area (Å²) in [5, 5.41) is 31.9. The Labute approximate surface area is 305 Å². The maximum absolute atomic E-state index is 11.4. The third-order valence-electron chi connectivity index (χ3n) is 4.44. The van der Waals surface area contributed by atoms with Crippen molar-refractivity contribution in [2.45, 2.75) is 55.4 Å². The Hall–Kier alpha value is 2.88. The van der Waals surface area contributed by atoms with Crippen LogP contribution in [0.15, 0.2) is 0 Å². The van der Waals surface area contributed by atoms with Gasteiger partial charge in [-0.2, -0.15) is 0 Å². The zero-order valence-corrected chi connectivity index (χ0v) is 30.8. The summed E-state index contributed by atoms with van der Waals surface area (Å²) in [6.07, 6.45) is -14.9. The van der Waals surface area contributed by atoms with Crippen LogP contribution in [0, 0.1) is 0 Å². The molecule has 0 aliphatic carbocycles. The zero-order chi connectivity index (χ0) is 26.1. The maximum atomic E-state index is 11.4. The molecule has 19 nitrogen and oxygen atoms in total. The van der Waals surface area contributed by atoms with Gasteiger partial charge in [0.05, 0.1) is 37.4 Å². The predicted molar refractivity (Wildman–Crippen MR) is 91.8 cm³/mol. The molecule has 2 heterocycles. The van der Waals surface area contributed by atoms with E-state index in [2.05, 4.69) is 8.37 Å². The minimum Gasteiger partial charge on any atom is -0.735 e. The van der Waals surface area contributed by atoms with Crippen LogP contribution < -0.4 is 128 Å². The summed E-state index contributed by atoms with van der Waals surface area (Å²) in [7, 11) is -16.0. The van der Waals surface area contributed by atoms with Crippen molar-refractivity contribution in [3.63, 3.8) is 0 Å². The van der Waals surface area contributed by atoms with E-state index in [4.69, 9.17) is 14.2 Å². The topological polar surface area (TPSA) is 310 Å². The van der Waals surface area contributed by atoms with Gasteiger partial charge < -0.3 is 48.0 Å². The second-order valence-corrected chi connectivity index (χ2v) is 10.1. The number of hydrogen-bond acceptors (Lipinski definition) is 18. The van der Waals surface area contributed by atoms with Gasteiger partial charge in [-0.3, -0.25) is 8.37 Å². The van der Waals surface area contributed by atoms with E-state index in [-0.39, 0.29) is 118 Å². The number of hydrogen-bond donors (Lipinski definition) is 3. The van der Waals surface area contributed by atoms with Crippen molar-refractivity contribution >= 4 is 37.1 Å². The molecule has 0 bridgehead atoms. The number of nitrogens with one attached hydrogen (secondary N) is 1. The number of rotatable bonds is 10. The number of ether oxygens (including phenoxy) is 3. The first kappa shape index (κ1) is 45.3. The Morgan fingerprint density at radius 1 is 0.974 bits per heavy atom. The van der Waals surface area contributed by atoms with Crippen LogP contribution in [0.1, 0.15) is 6.42 Å². The molecule has 2 rings (SSSR count). The van der Waals surface area contributed by atoms with Crippen molar-refractivity contribution in [1.82, 2.24) is 4.72 Å². The van der Waals surface area contributed by atoms with E-state index in [9.17, 15) is 59.0 Å². The van der Waals surface area contributed by atoms with Crippen LogP contribution in [-0.4, -0.2) is 117 Å². The number of carbonyl (C=O) groups excluding carboxylic acids is 1. The Morgan fingerprint density at radius 3 is 1.97 bits per heavy atom. The van der Waals surface area contributed by atoms with E-state index in [1.807, 2.05) is 0 Å². The normalized spacial score (nSPS) is 31.9. The number of carbonyl (C=O) groups is 1. The number of carboxylic acid groups (broad SMARTS) is 1. The molecule has 4 unspecified atom stereocenters. The van der Waals surface area contributed by atoms with Gasteiger partial charge in [0.1, 0.15) is 24.4 Å². The summed E-state index contributed by atoms with van der Waals surface area (Å²) in [6.45, 7) is -1.99. The molecule has 8 atom stereocenters. The van der Waals surface area contributed by atoms with Crippen LogP contribution in [-0.2, 0) is 58.5 Å². The van der Waals surface area contributed by atoms with Crippen molar-refractivity contribution in [3.05, 3.63) is 0 Å². The molecule has 2 aliphatic rings. The van der Waals surface area contributed by atoms with Gasteiger partial charge in [0.2, 0.25) is 20.8 Å². The van der Waals surface area contributed by atoms with E-state index in [0.717, 1.165) is 0 Å². The molecule has 2 aliphatic heterocycles. The SMILES string of the molecule is O=C([O-])C1OCC(OS(=O)(=O)[O-])[C@H](O)[C@H]1O[C@@H]1OC(COS(=O)(=O)[O-])C[C@@H](O)C1NS(=O)(=O)[O-].[Na+].[Na+].[Na+].[Na+]. The Balaban J connectivity index is -0.00000306. The second-order valence-electron chi connectivity index (χ2n) is 6.93. The molecule has 0 aromatic rings. The van der Waals surface area contributed by atoms with Gasteiger partial charge in [0, 0.05) is 6.42 Å². The fourth-order valence-electron chi connectivity index (χ4n) is 3.14. The summed E-state index contributed by atoms with van der Waals surface area (Å²) in [6, 6.07) is -2.00. The maximum Gasteiger partial charge on any atom is 1.00 e. The second kappa shape index (κ2) is 18.6. The summed E-state index contributed by atoms with van der Waals surface area (Å²) < 4.78 is 122. The van der Waals surface area contributed by atoms with Crippen molar-refractivity contribution in [1.29, 1.82) is 0 Å². The molecular formula is C12H17NNa4O18S3. The van der Waals surface area contributed by atoms with E-state index >= 15 is 0 Å². The minimum atomic E-state index is -5.44. The first-order chi connectivity index (χ1) is 15.4. The molecule has 0 amide bonds. The monoisotopic (exact) mass is 651 g/mol. The summed E-state index contributed by atoms with van der Waals surface area (Å²) in [5.74, 6) is -2.04. The Morgan fingerprint density at radius 2 is 1.53 bits per heavy atom. The molecule has 200 valence electrons. The van der Waals surface area contributed by atoms with E-state index < -0.39 is 106 Å². The van der Waals surface area contributed by atoms with E-state index in [0.29, 0.717) is 0 Å². The quantitative estimate of drug-likeness (QED) is 0.112. The van der Waals surface area contributed by atoms with Crippen LogP contribution in [0.2, 0.25) is 0 Å². The van der Waals surface area contributed by atoms with Crippen LogP contribution in [0.5, 0.6) is 0 Å². The molecule has 3 N–H and O–H groups in total. The van der Waals surface area contributed by atoms with Crippen molar-refractivity contribution in [2.75, 3.05) is 13.2 Å². The summed E-state index contributed by atoms with van der Waals surface area (Å²) >= 11 is 0. The van der Waals surface area contributed by atoms with Crippen LogP contribution in [0.3, 0.4) is 0 Å². The fraction of sp³-hybridized carbons (Fsp3) is 0.917. The summed E-state index contributed by atoms with van der Waals surface area (Å²) in [4.78, 5) is 11.4. The van der Waals surface area contributed by atoms with Crippen LogP contribution in [0.4, 0.5) is 0 Å². The number of aliphatic carboxylic acids is 1. The standard InChI is InChI=1S/C12H21NO18S3.4Na/c14-5-1-4(2-28-33(21,22)23)29-12(7(5)13-32(18,19)20)30-9-8(15)6(31-34(24,25)26)3-27-10(9)11(16)17;;;;/h4-10,12-15H,1-3H2,(H,16,17)(H,18,19,20)(H,21,22,23)(H,24,25,26);;;;/q;4*+1/p-4/t4?,5-,6?,7?,8+,9-,10?,12+;;;;/m1..../s1. The first-order valence-corrected chi connectivity index (χ1v) is 12.9. The van der Waals surface area contributed by atoms with Crippen molar-refractivity contribution in [3.8, 4) is 0 Å². The molecule has 2 saturated heterocycles. The largest absolute Gasteiger partial charge is 1.00 e. The third-order valence-corrected chi connectivity index (χ3v) is 5.91. The van der Waals surface area contributed by atoms with Gasteiger partial charge in [-0.1, -0.05) is 0 Å². The molecule has 26 heteroatoms. The number of aliphatic hydroxyl groups is 2. The molecule has 0 aromatic carbocycles. The minimum absolute atomic E-state index is 0. The van der Waals surface area contributed by atoms with Crippen molar-refractivity contribution < 1.29 is 200 Å². The number of aliphatic hydroxyl groups excluding tert-OH is 2.